The smallest absolute Gasteiger partial charge is 0.000139 e. The summed E-state index contributed by atoms with van der Waals surface area (Å²) >= 11 is 0. The van der Waals surface area contributed by atoms with Gasteiger partial charge in [-0.05, 0) is 127 Å². The molecule has 0 spiro atoms. The predicted molar refractivity (Wildman–Crippen MR) is 200 cm³/mol. The van der Waals surface area contributed by atoms with Crippen LogP contribution in [0.25, 0.3) is 76.8 Å². The van der Waals surface area contributed by atoms with E-state index in [1.165, 1.54) is 99.1 Å². The lowest BCUT2D eigenvalue weighted by Gasteiger charge is -2.26. The third kappa shape index (κ3) is 4.44. The van der Waals surface area contributed by atoms with Crippen LogP contribution in [-0.2, 0) is 0 Å². The van der Waals surface area contributed by atoms with Crippen molar-refractivity contribution < 1.29 is 0 Å². The van der Waals surface area contributed by atoms with E-state index in [1.807, 2.05) is 0 Å². The molecule has 0 heteroatoms. The minimum absolute atomic E-state index is 1.24. The Balaban J connectivity index is 1.81. The molecule has 0 atom stereocenters. The lowest BCUT2D eigenvalue weighted by Crippen LogP contribution is -1.99. The van der Waals surface area contributed by atoms with Gasteiger partial charge in [-0.2, -0.15) is 0 Å². The Morgan fingerprint density at radius 1 is 0.261 bits per heavy atom. The van der Waals surface area contributed by atoms with Gasteiger partial charge in [-0.15, -0.1) is 0 Å². The molecule has 0 saturated heterocycles. The Kier molecular flexibility index (Phi) is 6.80. The van der Waals surface area contributed by atoms with Crippen LogP contribution in [0.2, 0.25) is 0 Å². The maximum atomic E-state index is 2.43. The molecule has 0 heterocycles. The molecule has 0 saturated carbocycles. The number of fused-ring (bicyclic) bond motifs is 3. The molecular formula is C46H36. The van der Waals surface area contributed by atoms with Crippen LogP contribution in [0, 0.1) is 27.7 Å². The summed E-state index contributed by atoms with van der Waals surface area (Å²) in [7, 11) is 0. The van der Waals surface area contributed by atoms with Crippen LogP contribution in [0.4, 0.5) is 0 Å². The quantitative estimate of drug-likeness (QED) is 0.179. The number of rotatable bonds is 4. The summed E-state index contributed by atoms with van der Waals surface area (Å²) in [5.41, 5.74) is 15.3. The molecule has 0 aliphatic heterocycles. The van der Waals surface area contributed by atoms with Crippen LogP contribution in [0.1, 0.15) is 22.3 Å². The molecular weight excluding hydrogens is 553 g/mol. The maximum Gasteiger partial charge on any atom is -0.000139 e. The molecule has 0 aliphatic rings. The average molecular weight is 589 g/mol. The van der Waals surface area contributed by atoms with E-state index in [2.05, 4.69) is 173 Å². The Hall–Kier alpha value is -5.46. The molecule has 8 aromatic carbocycles. The number of hydrogen-bond acceptors (Lipinski definition) is 0. The average Bonchev–Trinajstić information content (AvgIpc) is 3.09. The third-order valence-corrected chi connectivity index (χ3v) is 9.84. The molecule has 0 fully saturated rings. The summed E-state index contributed by atoms with van der Waals surface area (Å²) in [5.74, 6) is 0. The van der Waals surface area contributed by atoms with Gasteiger partial charge in [0.25, 0.3) is 0 Å². The van der Waals surface area contributed by atoms with Gasteiger partial charge in [0.2, 0.25) is 0 Å². The van der Waals surface area contributed by atoms with E-state index in [0.717, 1.165) is 0 Å². The summed E-state index contributed by atoms with van der Waals surface area (Å²) in [6, 6.07) is 53.9. The Bertz CT molecular complexity index is 2060. The van der Waals surface area contributed by atoms with Gasteiger partial charge in [-0.25, -0.2) is 0 Å². The van der Waals surface area contributed by atoms with E-state index >= 15 is 0 Å². The topological polar surface area (TPSA) is 0 Å². The Morgan fingerprint density at radius 2 is 0.457 bits per heavy atom. The lowest BCUT2D eigenvalue weighted by molar-refractivity contribution is 1.36. The molecule has 0 aliphatic carbocycles. The van der Waals surface area contributed by atoms with E-state index in [0.29, 0.717) is 0 Å². The molecule has 8 rings (SSSR count). The highest BCUT2D eigenvalue weighted by atomic mass is 14.3. The SMILES string of the molecule is Cc1cc2c(-c3ccccc3)c3c(-c4ccccc4)c4cc(C)c(C)cc4c(-c4ccccc4)c3c(-c3ccccc3)c2cc1C. The normalized spacial score (nSPS) is 11.5. The molecule has 46 heavy (non-hydrogen) atoms. The van der Waals surface area contributed by atoms with E-state index in [1.54, 1.807) is 0 Å². The second-order valence-electron chi connectivity index (χ2n) is 12.7. The van der Waals surface area contributed by atoms with E-state index in [9.17, 15) is 0 Å². The molecule has 0 aromatic heterocycles. The van der Waals surface area contributed by atoms with Crippen LogP contribution < -0.4 is 0 Å². The first-order valence-electron chi connectivity index (χ1n) is 16.2. The van der Waals surface area contributed by atoms with Crippen LogP contribution in [0.5, 0.6) is 0 Å². The van der Waals surface area contributed by atoms with Crippen molar-refractivity contribution in [3.05, 3.63) is 168 Å². The van der Waals surface area contributed by atoms with Gasteiger partial charge in [0.05, 0.1) is 0 Å². The fourth-order valence-electron chi connectivity index (χ4n) is 7.37. The van der Waals surface area contributed by atoms with Gasteiger partial charge in [-0.1, -0.05) is 146 Å². The maximum absolute atomic E-state index is 2.43. The first-order chi connectivity index (χ1) is 22.5. The van der Waals surface area contributed by atoms with Crippen molar-refractivity contribution >= 4 is 32.3 Å². The van der Waals surface area contributed by atoms with Crippen LogP contribution in [0.3, 0.4) is 0 Å². The second-order valence-corrected chi connectivity index (χ2v) is 12.7. The zero-order valence-corrected chi connectivity index (χ0v) is 26.9. The van der Waals surface area contributed by atoms with Crippen molar-refractivity contribution in [2.24, 2.45) is 0 Å². The monoisotopic (exact) mass is 588 g/mol. The molecule has 0 unspecified atom stereocenters. The molecule has 0 nitrogen and oxygen atoms in total. The van der Waals surface area contributed by atoms with Gasteiger partial charge in [-0.3, -0.25) is 0 Å². The Labute approximate surface area is 271 Å². The third-order valence-electron chi connectivity index (χ3n) is 9.84. The van der Waals surface area contributed by atoms with Gasteiger partial charge in [0.15, 0.2) is 0 Å². The van der Waals surface area contributed by atoms with Crippen molar-refractivity contribution in [3.63, 3.8) is 0 Å². The lowest BCUT2D eigenvalue weighted by atomic mass is 9.76. The zero-order valence-electron chi connectivity index (χ0n) is 26.9. The molecule has 0 radical (unpaired) electrons. The van der Waals surface area contributed by atoms with E-state index in [-0.39, 0.29) is 0 Å². The highest BCUT2D eigenvalue weighted by Gasteiger charge is 2.26. The van der Waals surface area contributed by atoms with Gasteiger partial charge < -0.3 is 0 Å². The summed E-state index contributed by atoms with van der Waals surface area (Å²) in [6.45, 7) is 8.98. The van der Waals surface area contributed by atoms with Crippen LogP contribution in [-0.4, -0.2) is 0 Å². The zero-order chi connectivity index (χ0) is 31.4. The van der Waals surface area contributed by atoms with Crippen molar-refractivity contribution in [2.75, 3.05) is 0 Å². The van der Waals surface area contributed by atoms with E-state index < -0.39 is 0 Å². The summed E-state index contributed by atoms with van der Waals surface area (Å²) in [4.78, 5) is 0. The van der Waals surface area contributed by atoms with Crippen molar-refractivity contribution in [1.82, 2.24) is 0 Å². The Morgan fingerprint density at radius 3 is 0.652 bits per heavy atom. The van der Waals surface area contributed by atoms with E-state index in [4.69, 9.17) is 0 Å². The summed E-state index contributed by atoms with van der Waals surface area (Å²) in [6.07, 6.45) is 0. The summed E-state index contributed by atoms with van der Waals surface area (Å²) in [5, 5.41) is 7.78. The number of benzene rings is 8. The minimum Gasteiger partial charge on any atom is -0.0622 e. The highest BCUT2D eigenvalue weighted by molar-refractivity contribution is 6.34. The molecule has 0 bridgehead atoms. The van der Waals surface area contributed by atoms with Crippen LogP contribution >= 0.6 is 0 Å². The van der Waals surface area contributed by atoms with Gasteiger partial charge in [0.1, 0.15) is 0 Å². The van der Waals surface area contributed by atoms with Crippen molar-refractivity contribution in [1.29, 1.82) is 0 Å². The number of aryl methyl sites for hydroxylation is 4. The summed E-state index contributed by atoms with van der Waals surface area (Å²) < 4.78 is 0. The van der Waals surface area contributed by atoms with Gasteiger partial charge >= 0.3 is 0 Å². The first-order valence-corrected chi connectivity index (χ1v) is 16.2. The van der Waals surface area contributed by atoms with Crippen LogP contribution in [0.15, 0.2) is 146 Å². The molecule has 0 amide bonds. The standard InChI is InChI=1S/C46H36/c1-29-25-37-38(26-30(29)2)42(34-19-11-6-12-20-34)46-44(36-23-15-8-16-24-36)40-28-32(4)31(3)27-39(40)43(35-21-13-7-14-22-35)45(46)41(37)33-17-9-5-10-18-33/h5-28H,1-4H3. The minimum atomic E-state index is 1.24. The van der Waals surface area contributed by atoms with Crippen molar-refractivity contribution in [3.8, 4) is 44.5 Å². The molecule has 8 aromatic rings. The largest absolute Gasteiger partial charge is 0.0622 e. The highest BCUT2D eigenvalue weighted by Crippen LogP contribution is 2.54. The van der Waals surface area contributed by atoms with Gasteiger partial charge in [0, 0.05) is 0 Å². The molecule has 0 N–H and O–H groups in total. The second kappa shape index (κ2) is 11.2. The van der Waals surface area contributed by atoms with Crippen molar-refractivity contribution in [2.45, 2.75) is 27.7 Å². The predicted octanol–water partition coefficient (Wildman–Crippen LogP) is 13.0. The first kappa shape index (κ1) is 28.0. The fraction of sp³-hybridized carbons (Fsp3) is 0.0870. The number of hydrogen-bond donors (Lipinski definition) is 0. The fourth-order valence-corrected chi connectivity index (χ4v) is 7.37. The molecule has 220 valence electrons.